The molecule has 1 aromatic carbocycles. The molecule has 16 heavy (non-hydrogen) atoms. The lowest BCUT2D eigenvalue weighted by Crippen LogP contribution is -2.21. The summed E-state index contributed by atoms with van der Waals surface area (Å²) in [7, 11) is 0. The van der Waals surface area contributed by atoms with Crippen LogP contribution in [-0.4, -0.2) is 11.0 Å². The van der Waals surface area contributed by atoms with Crippen molar-refractivity contribution in [2.24, 2.45) is 11.7 Å². The number of nitrogens with one attached hydrogen (secondary N) is 1. The molecule has 0 amide bonds. The van der Waals surface area contributed by atoms with Crippen LogP contribution < -0.4 is 11.1 Å². The van der Waals surface area contributed by atoms with Crippen LogP contribution in [0.2, 0.25) is 0 Å². The van der Waals surface area contributed by atoms with E-state index in [9.17, 15) is 0 Å². The van der Waals surface area contributed by atoms with Crippen LogP contribution >= 0.6 is 12.2 Å². The number of anilines is 1. The molecule has 2 nitrogen and oxygen atoms in total. The zero-order valence-electron chi connectivity index (χ0n) is 9.57. The minimum absolute atomic E-state index is 0.459. The average Bonchev–Trinajstić information content (AvgIpc) is 2.65. The molecule has 2 atom stereocenters. The lowest BCUT2D eigenvalue weighted by atomic mass is 10.1. The van der Waals surface area contributed by atoms with Gasteiger partial charge < -0.3 is 11.1 Å². The van der Waals surface area contributed by atoms with Gasteiger partial charge in [-0.2, -0.15) is 0 Å². The second-order valence-electron chi connectivity index (χ2n) is 4.60. The molecule has 1 aliphatic carbocycles. The minimum Gasteiger partial charge on any atom is -0.389 e. The van der Waals surface area contributed by atoms with Gasteiger partial charge in [0.05, 0.1) is 0 Å². The molecule has 2 unspecified atom stereocenters. The zero-order chi connectivity index (χ0) is 11.5. The van der Waals surface area contributed by atoms with Crippen LogP contribution in [0.1, 0.15) is 31.7 Å². The summed E-state index contributed by atoms with van der Waals surface area (Å²) in [4.78, 5) is 0.459. The van der Waals surface area contributed by atoms with E-state index >= 15 is 0 Å². The molecule has 1 saturated carbocycles. The fourth-order valence-electron chi connectivity index (χ4n) is 2.30. The first-order chi connectivity index (χ1) is 7.66. The highest BCUT2D eigenvalue weighted by Crippen LogP contribution is 2.27. The van der Waals surface area contributed by atoms with Gasteiger partial charge in [0.25, 0.3) is 0 Å². The molecule has 1 fully saturated rings. The first-order valence-corrected chi connectivity index (χ1v) is 6.24. The molecular weight excluding hydrogens is 216 g/mol. The second kappa shape index (κ2) is 4.83. The van der Waals surface area contributed by atoms with Gasteiger partial charge in [-0.25, -0.2) is 0 Å². The monoisotopic (exact) mass is 234 g/mol. The van der Waals surface area contributed by atoms with Crippen LogP contribution in [0.4, 0.5) is 5.69 Å². The summed E-state index contributed by atoms with van der Waals surface area (Å²) < 4.78 is 0. The molecule has 1 aromatic rings. The third kappa shape index (κ3) is 2.53. The molecule has 0 radical (unpaired) electrons. The Bertz CT molecular complexity index is 372. The first-order valence-electron chi connectivity index (χ1n) is 5.83. The molecular formula is C13H18N2S. The molecule has 3 N–H and O–H groups in total. The average molecular weight is 234 g/mol. The summed E-state index contributed by atoms with van der Waals surface area (Å²) in [6.07, 6.45) is 3.95. The van der Waals surface area contributed by atoms with E-state index in [1.54, 1.807) is 0 Å². The van der Waals surface area contributed by atoms with Gasteiger partial charge >= 0.3 is 0 Å². The highest BCUT2D eigenvalue weighted by Gasteiger charge is 2.22. The van der Waals surface area contributed by atoms with E-state index < -0.39 is 0 Å². The number of rotatable bonds is 3. The van der Waals surface area contributed by atoms with Crippen LogP contribution in [0, 0.1) is 5.92 Å². The summed E-state index contributed by atoms with van der Waals surface area (Å²) in [5, 5.41) is 3.57. The smallest absolute Gasteiger partial charge is 0.103 e. The Morgan fingerprint density at radius 2 is 2.00 bits per heavy atom. The minimum atomic E-state index is 0.459. The van der Waals surface area contributed by atoms with Crippen molar-refractivity contribution in [2.75, 3.05) is 5.32 Å². The molecule has 86 valence electrons. The standard InChI is InChI=1S/C13H18N2S/c1-9-3-2-4-12(9)15-11-7-5-10(6-8-11)13(14)16/h5-9,12,15H,2-4H2,1H3,(H2,14,16). The largest absolute Gasteiger partial charge is 0.389 e. The number of hydrogen-bond acceptors (Lipinski definition) is 2. The lowest BCUT2D eigenvalue weighted by Gasteiger charge is -2.18. The second-order valence-corrected chi connectivity index (χ2v) is 5.04. The summed E-state index contributed by atoms with van der Waals surface area (Å²) >= 11 is 4.92. The van der Waals surface area contributed by atoms with E-state index in [1.165, 1.54) is 24.9 Å². The van der Waals surface area contributed by atoms with Gasteiger partial charge in [0.2, 0.25) is 0 Å². The van der Waals surface area contributed by atoms with Crippen LogP contribution in [0.3, 0.4) is 0 Å². The molecule has 3 heteroatoms. The number of hydrogen-bond donors (Lipinski definition) is 2. The summed E-state index contributed by atoms with van der Waals surface area (Å²) in [6.45, 7) is 2.31. The van der Waals surface area contributed by atoms with E-state index in [0.717, 1.165) is 11.5 Å². The fraction of sp³-hybridized carbons (Fsp3) is 0.462. The predicted octanol–water partition coefficient (Wildman–Crippen LogP) is 2.92. The molecule has 0 aromatic heterocycles. The van der Waals surface area contributed by atoms with Crippen molar-refractivity contribution in [1.82, 2.24) is 0 Å². The van der Waals surface area contributed by atoms with Crippen molar-refractivity contribution in [3.8, 4) is 0 Å². The summed E-state index contributed by atoms with van der Waals surface area (Å²) in [5.74, 6) is 0.773. The summed E-state index contributed by atoms with van der Waals surface area (Å²) in [5.41, 5.74) is 7.66. The van der Waals surface area contributed by atoms with E-state index in [0.29, 0.717) is 11.0 Å². The van der Waals surface area contributed by atoms with Crippen molar-refractivity contribution in [3.05, 3.63) is 29.8 Å². The van der Waals surface area contributed by atoms with E-state index in [1.807, 2.05) is 12.1 Å². The van der Waals surface area contributed by atoms with Gasteiger partial charge in [-0.15, -0.1) is 0 Å². The predicted molar refractivity (Wildman–Crippen MR) is 72.8 cm³/mol. The Hall–Kier alpha value is -1.09. The molecule has 0 saturated heterocycles. The van der Waals surface area contributed by atoms with Crippen LogP contribution in [0.25, 0.3) is 0 Å². The number of thiocarbonyl (C=S) groups is 1. The highest BCUT2D eigenvalue weighted by atomic mass is 32.1. The maximum absolute atomic E-state index is 5.56. The van der Waals surface area contributed by atoms with Crippen LogP contribution in [-0.2, 0) is 0 Å². The normalized spacial score (nSPS) is 24.3. The van der Waals surface area contributed by atoms with Crippen molar-refractivity contribution in [2.45, 2.75) is 32.2 Å². The Kier molecular flexibility index (Phi) is 3.44. The number of nitrogens with two attached hydrogens (primary N) is 1. The van der Waals surface area contributed by atoms with Crippen molar-refractivity contribution in [1.29, 1.82) is 0 Å². The molecule has 0 spiro atoms. The highest BCUT2D eigenvalue weighted by molar-refractivity contribution is 7.80. The van der Waals surface area contributed by atoms with Crippen molar-refractivity contribution in [3.63, 3.8) is 0 Å². The molecule has 0 heterocycles. The van der Waals surface area contributed by atoms with Gasteiger partial charge in [-0.05, 0) is 43.0 Å². The molecule has 0 aliphatic heterocycles. The van der Waals surface area contributed by atoms with E-state index in [2.05, 4.69) is 24.4 Å². The Labute approximate surface area is 102 Å². The number of benzene rings is 1. The first kappa shape index (κ1) is 11.4. The lowest BCUT2D eigenvalue weighted by molar-refractivity contribution is 0.556. The van der Waals surface area contributed by atoms with Crippen LogP contribution in [0.5, 0.6) is 0 Å². The molecule has 1 aliphatic rings. The topological polar surface area (TPSA) is 38.0 Å². The Morgan fingerprint density at radius 3 is 2.50 bits per heavy atom. The SMILES string of the molecule is CC1CCCC1Nc1ccc(C(N)=S)cc1. The Balaban J connectivity index is 2.02. The van der Waals surface area contributed by atoms with Crippen LogP contribution in [0.15, 0.2) is 24.3 Å². The third-order valence-electron chi connectivity index (χ3n) is 3.38. The van der Waals surface area contributed by atoms with Gasteiger partial charge in [0.1, 0.15) is 4.99 Å². The van der Waals surface area contributed by atoms with Gasteiger partial charge in [0.15, 0.2) is 0 Å². The maximum atomic E-state index is 5.56. The quantitative estimate of drug-likeness (QED) is 0.790. The van der Waals surface area contributed by atoms with E-state index in [-0.39, 0.29) is 0 Å². The molecule has 2 rings (SSSR count). The van der Waals surface area contributed by atoms with Gasteiger partial charge in [0, 0.05) is 17.3 Å². The van der Waals surface area contributed by atoms with Crippen molar-refractivity contribution < 1.29 is 0 Å². The fourth-order valence-corrected chi connectivity index (χ4v) is 2.44. The van der Waals surface area contributed by atoms with E-state index in [4.69, 9.17) is 18.0 Å². The van der Waals surface area contributed by atoms with Crippen molar-refractivity contribution >= 4 is 22.9 Å². The molecule has 0 bridgehead atoms. The van der Waals surface area contributed by atoms with Gasteiger partial charge in [-0.3, -0.25) is 0 Å². The Morgan fingerprint density at radius 1 is 1.31 bits per heavy atom. The third-order valence-corrected chi connectivity index (χ3v) is 3.62. The van der Waals surface area contributed by atoms with Gasteiger partial charge in [-0.1, -0.05) is 25.6 Å². The maximum Gasteiger partial charge on any atom is 0.103 e. The summed E-state index contributed by atoms with van der Waals surface area (Å²) in [6, 6.07) is 8.68. The zero-order valence-corrected chi connectivity index (χ0v) is 10.4.